The summed E-state index contributed by atoms with van der Waals surface area (Å²) < 4.78 is 1.88. The quantitative estimate of drug-likeness (QED) is 0.893. The van der Waals surface area contributed by atoms with Crippen LogP contribution in [0.5, 0.6) is 0 Å². The predicted molar refractivity (Wildman–Crippen MR) is 80.8 cm³/mol. The summed E-state index contributed by atoms with van der Waals surface area (Å²) >= 11 is 0. The van der Waals surface area contributed by atoms with Crippen molar-refractivity contribution in [1.82, 2.24) is 9.78 Å². The number of nitrogen functional groups attached to an aromatic ring is 1. The highest BCUT2D eigenvalue weighted by atomic mass is 15.4. The maximum absolute atomic E-state index is 8.67. The monoisotopic (exact) mass is 269 g/mol. The third-order valence-corrected chi connectivity index (χ3v) is 3.12. The van der Waals surface area contributed by atoms with Crippen LogP contribution in [0.2, 0.25) is 0 Å². The second kappa shape index (κ2) is 5.66. The Balaban J connectivity index is 2.28. The lowest BCUT2D eigenvalue weighted by Gasteiger charge is -2.13. The zero-order chi connectivity index (χ0) is 14.7. The molecule has 3 N–H and O–H groups in total. The van der Waals surface area contributed by atoms with E-state index in [0.717, 1.165) is 22.8 Å². The average Bonchev–Trinajstić information content (AvgIpc) is 2.70. The van der Waals surface area contributed by atoms with Crippen molar-refractivity contribution in [2.24, 2.45) is 0 Å². The van der Waals surface area contributed by atoms with Gasteiger partial charge in [-0.3, -0.25) is 0 Å². The van der Waals surface area contributed by atoms with E-state index in [9.17, 15) is 0 Å². The number of hydrogen-bond acceptors (Lipinski definition) is 4. The lowest BCUT2D eigenvalue weighted by molar-refractivity contribution is 0.536. The Hall–Kier alpha value is -2.48. The molecule has 1 aromatic carbocycles. The van der Waals surface area contributed by atoms with Crippen molar-refractivity contribution in [2.75, 3.05) is 11.1 Å². The number of aryl methyl sites for hydroxylation is 1. The minimum absolute atomic E-state index is 0.228. The van der Waals surface area contributed by atoms with E-state index in [4.69, 9.17) is 11.0 Å². The zero-order valence-corrected chi connectivity index (χ0v) is 12.0. The van der Waals surface area contributed by atoms with E-state index in [1.807, 2.05) is 35.9 Å². The third-order valence-electron chi connectivity index (χ3n) is 3.12. The smallest absolute Gasteiger partial charge is 0.152 e. The first-order chi connectivity index (χ1) is 9.52. The lowest BCUT2D eigenvalue weighted by atomic mass is 10.1. The topological polar surface area (TPSA) is 79.7 Å². The highest BCUT2D eigenvalue weighted by molar-refractivity contribution is 5.71. The largest absolute Gasteiger partial charge is 0.394 e. The molecule has 2 rings (SSSR count). The maximum atomic E-state index is 8.67. The second-order valence-corrected chi connectivity index (χ2v) is 5.04. The van der Waals surface area contributed by atoms with Crippen LogP contribution in [-0.2, 0) is 6.42 Å². The number of nitrogens with one attached hydrogen (secondary N) is 1. The molecule has 0 aliphatic carbocycles. The van der Waals surface area contributed by atoms with E-state index in [-0.39, 0.29) is 6.04 Å². The Kier molecular flexibility index (Phi) is 3.94. The highest BCUT2D eigenvalue weighted by Gasteiger charge is 2.14. The molecule has 104 valence electrons. The van der Waals surface area contributed by atoms with Crippen molar-refractivity contribution in [3.63, 3.8) is 0 Å². The molecule has 0 unspecified atom stereocenters. The van der Waals surface area contributed by atoms with Crippen LogP contribution in [0, 0.1) is 18.3 Å². The first kappa shape index (κ1) is 13.9. The fourth-order valence-corrected chi connectivity index (χ4v) is 1.99. The van der Waals surface area contributed by atoms with E-state index in [1.165, 1.54) is 0 Å². The van der Waals surface area contributed by atoms with Crippen LogP contribution >= 0.6 is 0 Å². The van der Waals surface area contributed by atoms with Gasteiger partial charge >= 0.3 is 0 Å². The summed E-state index contributed by atoms with van der Waals surface area (Å²) in [5, 5.41) is 16.4. The molecule has 5 heteroatoms. The molecule has 0 aliphatic rings. The molecule has 0 atom stereocenters. The molecular weight excluding hydrogens is 250 g/mol. The maximum Gasteiger partial charge on any atom is 0.152 e. The van der Waals surface area contributed by atoms with Gasteiger partial charge in [0.2, 0.25) is 0 Å². The van der Waals surface area contributed by atoms with Crippen molar-refractivity contribution in [3.05, 3.63) is 35.5 Å². The molecule has 1 heterocycles. The number of nitrogens with two attached hydrogens (primary N) is 1. The molecule has 0 aliphatic heterocycles. The zero-order valence-electron chi connectivity index (χ0n) is 12.0. The summed E-state index contributed by atoms with van der Waals surface area (Å²) in [6.07, 6.45) is 0.422. The SMILES string of the molecule is Cc1nn(C(C)C)c(Nc2ccc(CC#N)cc2)c1N. The summed E-state index contributed by atoms with van der Waals surface area (Å²) in [6, 6.07) is 10.1. The number of nitriles is 1. The van der Waals surface area contributed by atoms with E-state index in [0.29, 0.717) is 12.1 Å². The summed E-state index contributed by atoms with van der Waals surface area (Å²) in [7, 11) is 0. The number of nitrogens with zero attached hydrogens (tertiary/aromatic N) is 3. The first-order valence-corrected chi connectivity index (χ1v) is 6.60. The van der Waals surface area contributed by atoms with Gasteiger partial charge in [0.15, 0.2) is 5.82 Å². The van der Waals surface area contributed by atoms with E-state index in [1.54, 1.807) is 0 Å². The Morgan fingerprint density at radius 1 is 1.35 bits per heavy atom. The molecule has 0 saturated carbocycles. The van der Waals surface area contributed by atoms with Crippen LogP contribution in [0.1, 0.15) is 31.1 Å². The number of anilines is 3. The summed E-state index contributed by atoms with van der Waals surface area (Å²) in [5.41, 5.74) is 9.50. The van der Waals surface area contributed by atoms with Crippen molar-refractivity contribution in [2.45, 2.75) is 33.2 Å². The van der Waals surface area contributed by atoms with Gasteiger partial charge in [-0.15, -0.1) is 0 Å². The van der Waals surface area contributed by atoms with Gasteiger partial charge in [0, 0.05) is 11.7 Å². The Morgan fingerprint density at radius 3 is 2.55 bits per heavy atom. The predicted octanol–water partition coefficient (Wildman–Crippen LogP) is 3.16. The molecule has 0 spiro atoms. The molecule has 0 bridgehead atoms. The minimum Gasteiger partial charge on any atom is -0.394 e. The standard InChI is InChI=1S/C15H19N5/c1-10(2)20-15(14(17)11(3)19-20)18-13-6-4-12(5-7-13)8-9-16/h4-7,10,18H,8,17H2,1-3H3. The summed E-state index contributed by atoms with van der Waals surface area (Å²) in [6.45, 7) is 6.02. The van der Waals surface area contributed by atoms with Gasteiger partial charge in [-0.1, -0.05) is 12.1 Å². The number of hydrogen-bond donors (Lipinski definition) is 2. The van der Waals surface area contributed by atoms with Crippen LogP contribution in [-0.4, -0.2) is 9.78 Å². The van der Waals surface area contributed by atoms with Crippen LogP contribution in [0.15, 0.2) is 24.3 Å². The Morgan fingerprint density at radius 2 is 2.00 bits per heavy atom. The molecule has 0 saturated heterocycles. The number of benzene rings is 1. The summed E-state index contributed by atoms with van der Waals surface area (Å²) in [4.78, 5) is 0. The summed E-state index contributed by atoms with van der Waals surface area (Å²) in [5.74, 6) is 0.811. The van der Waals surface area contributed by atoms with Gasteiger partial charge < -0.3 is 11.1 Å². The average molecular weight is 269 g/mol. The Labute approximate surface area is 119 Å². The normalized spacial score (nSPS) is 10.6. The van der Waals surface area contributed by atoms with Crippen LogP contribution in [0.4, 0.5) is 17.2 Å². The third kappa shape index (κ3) is 2.75. The minimum atomic E-state index is 0.228. The fourth-order valence-electron chi connectivity index (χ4n) is 1.99. The van der Waals surface area contributed by atoms with Crippen molar-refractivity contribution in [1.29, 1.82) is 5.26 Å². The molecule has 2 aromatic rings. The molecule has 20 heavy (non-hydrogen) atoms. The fraction of sp³-hybridized carbons (Fsp3) is 0.333. The molecule has 0 amide bonds. The Bertz CT molecular complexity index is 632. The van der Waals surface area contributed by atoms with Gasteiger partial charge in [0.25, 0.3) is 0 Å². The van der Waals surface area contributed by atoms with Crippen molar-refractivity contribution in [3.8, 4) is 6.07 Å². The van der Waals surface area contributed by atoms with Crippen LogP contribution in [0.25, 0.3) is 0 Å². The highest BCUT2D eigenvalue weighted by Crippen LogP contribution is 2.28. The van der Waals surface area contributed by atoms with Crippen LogP contribution < -0.4 is 11.1 Å². The van der Waals surface area contributed by atoms with Crippen LogP contribution in [0.3, 0.4) is 0 Å². The van der Waals surface area contributed by atoms with Crippen molar-refractivity contribution >= 4 is 17.2 Å². The van der Waals surface area contributed by atoms with Crippen molar-refractivity contribution < 1.29 is 0 Å². The van der Waals surface area contributed by atoms with E-state index >= 15 is 0 Å². The molecule has 1 aromatic heterocycles. The van der Waals surface area contributed by atoms with Gasteiger partial charge in [0.1, 0.15) is 0 Å². The molecule has 0 radical (unpaired) electrons. The number of aromatic nitrogens is 2. The van der Waals surface area contributed by atoms with E-state index in [2.05, 4.69) is 30.3 Å². The van der Waals surface area contributed by atoms with E-state index < -0.39 is 0 Å². The molecule has 0 fully saturated rings. The van der Waals surface area contributed by atoms with Gasteiger partial charge in [0.05, 0.1) is 23.9 Å². The second-order valence-electron chi connectivity index (χ2n) is 5.04. The van der Waals surface area contributed by atoms with Gasteiger partial charge in [-0.2, -0.15) is 10.4 Å². The van der Waals surface area contributed by atoms with Gasteiger partial charge in [-0.25, -0.2) is 4.68 Å². The van der Waals surface area contributed by atoms with Gasteiger partial charge in [-0.05, 0) is 38.5 Å². The molecule has 5 nitrogen and oxygen atoms in total. The first-order valence-electron chi connectivity index (χ1n) is 6.60. The molecular formula is C15H19N5. The number of rotatable bonds is 4. The lowest BCUT2D eigenvalue weighted by Crippen LogP contribution is -2.08.